The Labute approximate surface area is 126 Å². The summed E-state index contributed by atoms with van der Waals surface area (Å²) in [4.78, 5) is 2.45. The summed E-state index contributed by atoms with van der Waals surface area (Å²) in [6.07, 6.45) is 2.66. The van der Waals surface area contributed by atoms with E-state index in [1.54, 1.807) is 0 Å². The van der Waals surface area contributed by atoms with Gasteiger partial charge < -0.3 is 14.4 Å². The Morgan fingerprint density at radius 3 is 2.35 bits per heavy atom. The molecule has 0 atom stereocenters. The van der Waals surface area contributed by atoms with Crippen LogP contribution in [0.15, 0.2) is 12.1 Å². The highest BCUT2D eigenvalue weighted by Crippen LogP contribution is 2.26. The van der Waals surface area contributed by atoms with Gasteiger partial charge in [0.25, 0.3) is 0 Å². The second kappa shape index (κ2) is 7.87. The molecule has 0 amide bonds. The lowest BCUT2D eigenvalue weighted by molar-refractivity contribution is 0.0842. The van der Waals surface area contributed by atoms with Crippen molar-refractivity contribution in [3.05, 3.63) is 28.3 Å². The van der Waals surface area contributed by atoms with Crippen LogP contribution in [0.2, 0.25) is 5.02 Å². The van der Waals surface area contributed by atoms with Gasteiger partial charge in [-0.3, -0.25) is 0 Å². The molecule has 0 aromatic heterocycles. The molecule has 0 bridgehead atoms. The van der Waals surface area contributed by atoms with Gasteiger partial charge in [-0.15, -0.1) is 0 Å². The van der Waals surface area contributed by atoms with Crippen LogP contribution in [0.1, 0.15) is 24.0 Å². The van der Waals surface area contributed by atoms with Gasteiger partial charge in [-0.1, -0.05) is 11.6 Å². The summed E-state index contributed by atoms with van der Waals surface area (Å²) in [5.41, 5.74) is 2.15. The van der Waals surface area contributed by atoms with Gasteiger partial charge in [-0.2, -0.15) is 0 Å². The Hall–Kier alpha value is -0.770. The molecular weight excluding hydrogens is 274 g/mol. The number of hydrogen-bond acceptors (Lipinski definition) is 3. The zero-order chi connectivity index (χ0) is 14.4. The van der Waals surface area contributed by atoms with Gasteiger partial charge in [0.15, 0.2) is 0 Å². The number of aryl methyl sites for hydroxylation is 2. The van der Waals surface area contributed by atoms with Gasteiger partial charge in [-0.25, -0.2) is 0 Å². The Morgan fingerprint density at radius 1 is 1.05 bits per heavy atom. The largest absolute Gasteiger partial charge is 0.491 e. The van der Waals surface area contributed by atoms with Gasteiger partial charge in [0.2, 0.25) is 0 Å². The summed E-state index contributed by atoms with van der Waals surface area (Å²) in [6, 6.07) is 3.86. The summed E-state index contributed by atoms with van der Waals surface area (Å²) in [6.45, 7) is 9.54. The highest BCUT2D eigenvalue weighted by molar-refractivity contribution is 6.30. The molecule has 1 aromatic carbocycles. The average molecular weight is 298 g/mol. The standard InChI is InChI=1S/C16H24ClNO2/c1-13-11-15(17)12-14(2)16(13)20-10-9-19-8-7-18-5-3-4-6-18/h11-12H,3-10H2,1-2H3. The molecule has 2 rings (SSSR count). The molecule has 20 heavy (non-hydrogen) atoms. The molecule has 0 N–H and O–H groups in total. The van der Waals surface area contributed by atoms with Crippen LogP contribution in [0.4, 0.5) is 0 Å². The summed E-state index contributed by atoms with van der Waals surface area (Å²) >= 11 is 6.00. The van der Waals surface area contributed by atoms with Crippen LogP contribution >= 0.6 is 11.6 Å². The van der Waals surface area contributed by atoms with E-state index in [1.165, 1.54) is 25.9 Å². The SMILES string of the molecule is Cc1cc(Cl)cc(C)c1OCCOCCN1CCCC1. The smallest absolute Gasteiger partial charge is 0.125 e. The lowest BCUT2D eigenvalue weighted by Crippen LogP contribution is -2.24. The highest BCUT2D eigenvalue weighted by atomic mass is 35.5. The molecule has 3 nitrogen and oxygen atoms in total. The number of hydrogen-bond donors (Lipinski definition) is 0. The van der Waals surface area contributed by atoms with Gasteiger partial charge in [-0.05, 0) is 63.0 Å². The first kappa shape index (κ1) is 15.6. The highest BCUT2D eigenvalue weighted by Gasteiger charge is 2.10. The zero-order valence-corrected chi connectivity index (χ0v) is 13.2. The molecule has 1 aliphatic rings. The number of nitrogens with zero attached hydrogens (tertiary/aromatic N) is 1. The fourth-order valence-electron chi connectivity index (χ4n) is 2.63. The zero-order valence-electron chi connectivity index (χ0n) is 12.5. The maximum atomic E-state index is 6.00. The lowest BCUT2D eigenvalue weighted by Gasteiger charge is -2.15. The Kier molecular flexibility index (Phi) is 6.14. The monoisotopic (exact) mass is 297 g/mol. The molecule has 1 aliphatic heterocycles. The van der Waals surface area contributed by atoms with Crippen LogP contribution in [0.25, 0.3) is 0 Å². The number of ether oxygens (including phenoxy) is 2. The van der Waals surface area contributed by atoms with Crippen molar-refractivity contribution in [2.45, 2.75) is 26.7 Å². The third kappa shape index (κ3) is 4.65. The summed E-state index contributed by atoms with van der Waals surface area (Å²) < 4.78 is 11.4. The Balaban J connectivity index is 1.63. The molecule has 0 unspecified atom stereocenters. The van der Waals surface area contributed by atoms with E-state index in [-0.39, 0.29) is 0 Å². The minimum absolute atomic E-state index is 0.587. The van der Waals surface area contributed by atoms with Crippen LogP contribution in [-0.2, 0) is 4.74 Å². The molecule has 0 spiro atoms. The molecule has 0 saturated carbocycles. The second-order valence-corrected chi connectivity index (χ2v) is 5.81. The van der Waals surface area contributed by atoms with Gasteiger partial charge in [0.05, 0.1) is 13.2 Å². The number of likely N-dealkylation sites (tertiary alicyclic amines) is 1. The van der Waals surface area contributed by atoms with Gasteiger partial charge in [0.1, 0.15) is 12.4 Å². The van der Waals surface area contributed by atoms with E-state index in [0.29, 0.717) is 13.2 Å². The average Bonchev–Trinajstić information content (AvgIpc) is 2.89. The van der Waals surface area contributed by atoms with Gasteiger partial charge in [0, 0.05) is 11.6 Å². The molecule has 1 heterocycles. The van der Waals surface area contributed by atoms with Crippen LogP contribution in [0.5, 0.6) is 5.75 Å². The number of halogens is 1. The van der Waals surface area contributed by atoms with Crippen LogP contribution in [0.3, 0.4) is 0 Å². The Morgan fingerprint density at radius 2 is 1.70 bits per heavy atom. The second-order valence-electron chi connectivity index (χ2n) is 5.38. The molecular formula is C16H24ClNO2. The van der Waals surface area contributed by atoms with Crippen molar-refractivity contribution in [2.75, 3.05) is 39.5 Å². The first-order valence-electron chi connectivity index (χ1n) is 7.36. The minimum atomic E-state index is 0.587. The minimum Gasteiger partial charge on any atom is -0.491 e. The molecule has 4 heteroatoms. The van der Waals surface area contributed by atoms with Crippen molar-refractivity contribution >= 4 is 11.6 Å². The Bertz CT molecular complexity index is 407. The van der Waals surface area contributed by atoms with E-state index >= 15 is 0 Å². The predicted molar refractivity (Wildman–Crippen MR) is 82.9 cm³/mol. The molecule has 1 fully saturated rings. The van der Waals surface area contributed by atoms with Gasteiger partial charge >= 0.3 is 0 Å². The van der Waals surface area contributed by atoms with E-state index in [4.69, 9.17) is 21.1 Å². The molecule has 0 radical (unpaired) electrons. The fourth-order valence-corrected chi connectivity index (χ4v) is 2.96. The molecule has 112 valence electrons. The maximum absolute atomic E-state index is 6.00. The molecule has 0 aliphatic carbocycles. The number of rotatable bonds is 7. The molecule has 1 aromatic rings. The first-order chi connectivity index (χ1) is 9.66. The normalized spacial score (nSPS) is 15.8. The summed E-state index contributed by atoms with van der Waals surface area (Å²) in [5, 5.41) is 0.759. The van der Waals surface area contributed by atoms with E-state index in [9.17, 15) is 0 Å². The van der Waals surface area contributed by atoms with E-state index in [0.717, 1.165) is 35.1 Å². The quantitative estimate of drug-likeness (QED) is 0.720. The van der Waals surface area contributed by atoms with Crippen molar-refractivity contribution in [2.24, 2.45) is 0 Å². The van der Waals surface area contributed by atoms with Crippen LogP contribution in [-0.4, -0.2) is 44.4 Å². The summed E-state index contributed by atoms with van der Waals surface area (Å²) in [5.74, 6) is 0.928. The van der Waals surface area contributed by atoms with Crippen LogP contribution in [0, 0.1) is 13.8 Å². The van der Waals surface area contributed by atoms with Crippen molar-refractivity contribution in [1.82, 2.24) is 4.90 Å². The third-order valence-corrected chi connectivity index (χ3v) is 3.87. The fraction of sp³-hybridized carbons (Fsp3) is 0.625. The molecule has 1 saturated heterocycles. The van der Waals surface area contributed by atoms with Crippen molar-refractivity contribution in [3.63, 3.8) is 0 Å². The topological polar surface area (TPSA) is 21.7 Å². The van der Waals surface area contributed by atoms with E-state index < -0.39 is 0 Å². The lowest BCUT2D eigenvalue weighted by atomic mass is 10.1. The van der Waals surface area contributed by atoms with Crippen molar-refractivity contribution in [3.8, 4) is 5.75 Å². The van der Waals surface area contributed by atoms with Crippen molar-refractivity contribution in [1.29, 1.82) is 0 Å². The van der Waals surface area contributed by atoms with E-state index in [2.05, 4.69) is 4.90 Å². The maximum Gasteiger partial charge on any atom is 0.125 e. The van der Waals surface area contributed by atoms with E-state index in [1.807, 2.05) is 26.0 Å². The summed E-state index contributed by atoms with van der Waals surface area (Å²) in [7, 11) is 0. The third-order valence-electron chi connectivity index (χ3n) is 3.65. The van der Waals surface area contributed by atoms with Crippen LogP contribution < -0.4 is 4.74 Å². The number of benzene rings is 1. The first-order valence-corrected chi connectivity index (χ1v) is 7.74. The predicted octanol–water partition coefficient (Wildman–Crippen LogP) is 3.45. The van der Waals surface area contributed by atoms with Crippen molar-refractivity contribution < 1.29 is 9.47 Å².